The Labute approximate surface area is 192 Å². The number of thioether (sulfide) groups is 1. The van der Waals surface area contributed by atoms with E-state index in [0.717, 1.165) is 29.9 Å². The Hall–Kier alpha value is -2.94. The molecule has 4 heterocycles. The average Bonchev–Trinajstić information content (AvgIpc) is 3.44. The van der Waals surface area contributed by atoms with Gasteiger partial charge >= 0.3 is 0 Å². The Morgan fingerprint density at radius 3 is 2.66 bits per heavy atom. The topological polar surface area (TPSA) is 85.9 Å². The van der Waals surface area contributed by atoms with Gasteiger partial charge in [0.1, 0.15) is 5.82 Å². The fourth-order valence-corrected chi connectivity index (χ4v) is 5.16. The molecule has 168 valence electrons. The summed E-state index contributed by atoms with van der Waals surface area (Å²) >= 11 is 1.34. The molecule has 0 N–H and O–H groups in total. The number of carbonyl (C=O) groups is 2. The standard InChI is InChI=1S/C23H28N6O2S/c1-15(2)28-16(3)12-18(17(28)4)19(30)14-32-23-26-25-21(13-27-11-7-9-22(27)31)29(23)20-8-5-6-10-24-20/h5-6,8,10,12,15H,7,9,11,13-14H2,1-4H3. The molecule has 0 unspecified atom stereocenters. The van der Waals surface area contributed by atoms with Gasteiger partial charge in [0.2, 0.25) is 5.91 Å². The van der Waals surface area contributed by atoms with E-state index in [-0.39, 0.29) is 17.4 Å². The quantitative estimate of drug-likeness (QED) is 0.382. The van der Waals surface area contributed by atoms with Crippen LogP contribution in [0.4, 0.5) is 0 Å². The van der Waals surface area contributed by atoms with E-state index in [1.165, 1.54) is 11.8 Å². The summed E-state index contributed by atoms with van der Waals surface area (Å²) < 4.78 is 4.03. The van der Waals surface area contributed by atoms with Gasteiger partial charge < -0.3 is 9.47 Å². The molecule has 4 rings (SSSR count). The molecule has 1 aliphatic rings. The number of hydrogen-bond donors (Lipinski definition) is 0. The number of pyridine rings is 1. The van der Waals surface area contributed by atoms with Gasteiger partial charge in [-0.25, -0.2) is 4.98 Å². The fourth-order valence-electron chi connectivity index (χ4n) is 4.32. The molecule has 1 saturated heterocycles. The maximum Gasteiger partial charge on any atom is 0.223 e. The number of Topliss-reactive ketones (excluding diaryl/α,β-unsaturated/α-hetero) is 1. The number of aromatic nitrogens is 5. The number of hydrogen-bond acceptors (Lipinski definition) is 6. The van der Waals surface area contributed by atoms with Crippen LogP contribution in [-0.2, 0) is 11.3 Å². The van der Waals surface area contributed by atoms with Crippen molar-refractivity contribution in [3.05, 3.63) is 53.2 Å². The molecule has 3 aromatic rings. The second-order valence-corrected chi connectivity index (χ2v) is 9.24. The van der Waals surface area contributed by atoms with Gasteiger partial charge in [0.25, 0.3) is 0 Å². The predicted octanol–water partition coefficient (Wildman–Crippen LogP) is 3.76. The van der Waals surface area contributed by atoms with Gasteiger partial charge in [-0.15, -0.1) is 10.2 Å². The van der Waals surface area contributed by atoms with E-state index in [1.54, 1.807) is 11.1 Å². The number of aryl methyl sites for hydroxylation is 1. The molecule has 0 bridgehead atoms. The minimum absolute atomic E-state index is 0.0573. The maximum absolute atomic E-state index is 13.0. The van der Waals surface area contributed by atoms with E-state index in [4.69, 9.17) is 0 Å². The third kappa shape index (κ3) is 4.34. The van der Waals surface area contributed by atoms with Crippen LogP contribution in [0.25, 0.3) is 5.82 Å². The second kappa shape index (κ2) is 9.28. The van der Waals surface area contributed by atoms with Gasteiger partial charge in [0, 0.05) is 42.2 Å². The van der Waals surface area contributed by atoms with Gasteiger partial charge in [-0.2, -0.15) is 0 Å². The molecule has 0 spiro atoms. The van der Waals surface area contributed by atoms with Gasteiger partial charge in [0.05, 0.1) is 12.3 Å². The van der Waals surface area contributed by atoms with Crippen LogP contribution in [0.1, 0.15) is 60.3 Å². The lowest BCUT2D eigenvalue weighted by Gasteiger charge is -2.16. The highest BCUT2D eigenvalue weighted by molar-refractivity contribution is 7.99. The number of likely N-dealkylation sites (tertiary alicyclic amines) is 1. The lowest BCUT2D eigenvalue weighted by Crippen LogP contribution is -2.25. The van der Waals surface area contributed by atoms with Gasteiger partial charge in [-0.1, -0.05) is 17.8 Å². The minimum Gasteiger partial charge on any atom is -0.346 e. The average molecular weight is 453 g/mol. The van der Waals surface area contributed by atoms with Crippen LogP contribution < -0.4 is 0 Å². The Bertz CT molecular complexity index is 1140. The van der Waals surface area contributed by atoms with E-state index in [9.17, 15) is 9.59 Å². The van der Waals surface area contributed by atoms with Crippen LogP contribution in [0.2, 0.25) is 0 Å². The summed E-state index contributed by atoms with van der Waals surface area (Å²) in [5.41, 5.74) is 2.82. The summed E-state index contributed by atoms with van der Waals surface area (Å²) in [6.45, 7) is 9.36. The van der Waals surface area contributed by atoms with Crippen molar-refractivity contribution in [2.24, 2.45) is 0 Å². The number of carbonyl (C=O) groups excluding carboxylic acids is 2. The molecule has 1 fully saturated rings. The number of rotatable bonds is 8. The summed E-state index contributed by atoms with van der Waals surface area (Å²) in [5, 5.41) is 9.28. The summed E-state index contributed by atoms with van der Waals surface area (Å²) in [6, 6.07) is 7.88. The molecule has 32 heavy (non-hydrogen) atoms. The van der Waals surface area contributed by atoms with Crippen molar-refractivity contribution in [1.82, 2.24) is 29.2 Å². The third-order valence-corrected chi connectivity index (χ3v) is 6.64. The lowest BCUT2D eigenvalue weighted by atomic mass is 10.2. The highest BCUT2D eigenvalue weighted by Crippen LogP contribution is 2.26. The molecule has 0 aliphatic carbocycles. The molecule has 0 aromatic carbocycles. The maximum atomic E-state index is 13.0. The summed E-state index contributed by atoms with van der Waals surface area (Å²) in [6.07, 6.45) is 3.14. The molecule has 8 nitrogen and oxygen atoms in total. The normalized spacial score (nSPS) is 14.0. The molecule has 3 aromatic heterocycles. The largest absolute Gasteiger partial charge is 0.346 e. The minimum atomic E-state index is 0.0573. The number of amides is 1. The van der Waals surface area contributed by atoms with E-state index in [1.807, 2.05) is 42.7 Å². The Kier molecular flexibility index (Phi) is 6.45. The van der Waals surface area contributed by atoms with Gasteiger partial charge in [-0.3, -0.25) is 14.2 Å². The van der Waals surface area contributed by atoms with Gasteiger partial charge in [0.15, 0.2) is 16.8 Å². The third-order valence-electron chi connectivity index (χ3n) is 5.72. The van der Waals surface area contributed by atoms with Crippen molar-refractivity contribution in [3.8, 4) is 5.82 Å². The predicted molar refractivity (Wildman–Crippen MR) is 123 cm³/mol. The Morgan fingerprint density at radius 2 is 2.03 bits per heavy atom. The van der Waals surface area contributed by atoms with E-state index >= 15 is 0 Å². The summed E-state index contributed by atoms with van der Waals surface area (Å²) in [4.78, 5) is 31.4. The highest BCUT2D eigenvalue weighted by atomic mass is 32.2. The van der Waals surface area contributed by atoms with Crippen molar-refractivity contribution >= 4 is 23.5 Å². The zero-order chi connectivity index (χ0) is 22.8. The molecule has 0 saturated carbocycles. The molecular formula is C23H28N6O2S. The Morgan fingerprint density at radius 1 is 1.22 bits per heavy atom. The van der Waals surface area contributed by atoms with Crippen LogP contribution in [0.3, 0.4) is 0 Å². The zero-order valence-electron chi connectivity index (χ0n) is 18.9. The van der Waals surface area contributed by atoms with Crippen molar-refractivity contribution < 1.29 is 9.59 Å². The molecule has 1 aliphatic heterocycles. The van der Waals surface area contributed by atoms with Crippen molar-refractivity contribution in [1.29, 1.82) is 0 Å². The SMILES string of the molecule is Cc1cc(C(=O)CSc2nnc(CN3CCCC3=O)n2-c2ccccn2)c(C)n1C(C)C. The first-order valence-corrected chi connectivity index (χ1v) is 11.8. The van der Waals surface area contributed by atoms with Crippen molar-refractivity contribution in [3.63, 3.8) is 0 Å². The molecule has 0 atom stereocenters. The monoisotopic (exact) mass is 452 g/mol. The van der Waals surface area contributed by atoms with Crippen LogP contribution in [-0.4, -0.2) is 53.2 Å². The molecular weight excluding hydrogens is 424 g/mol. The van der Waals surface area contributed by atoms with E-state index in [2.05, 4.69) is 33.6 Å². The second-order valence-electron chi connectivity index (χ2n) is 8.30. The van der Waals surface area contributed by atoms with E-state index < -0.39 is 0 Å². The summed E-state index contributed by atoms with van der Waals surface area (Å²) in [7, 11) is 0. The highest BCUT2D eigenvalue weighted by Gasteiger charge is 2.25. The molecule has 1 amide bonds. The molecule has 0 radical (unpaired) electrons. The first-order valence-electron chi connectivity index (χ1n) is 10.8. The van der Waals surface area contributed by atoms with E-state index in [0.29, 0.717) is 35.8 Å². The Balaban J connectivity index is 1.58. The van der Waals surface area contributed by atoms with Gasteiger partial charge in [-0.05, 0) is 52.3 Å². The fraction of sp³-hybridized carbons (Fsp3) is 0.435. The first kappa shape index (κ1) is 22.3. The van der Waals surface area contributed by atoms with Crippen LogP contribution in [0.5, 0.6) is 0 Å². The number of ketones is 1. The molecule has 9 heteroatoms. The number of nitrogens with zero attached hydrogens (tertiary/aromatic N) is 6. The zero-order valence-corrected chi connectivity index (χ0v) is 19.7. The smallest absolute Gasteiger partial charge is 0.223 e. The lowest BCUT2D eigenvalue weighted by molar-refractivity contribution is -0.128. The van der Waals surface area contributed by atoms with Crippen LogP contribution in [0, 0.1) is 13.8 Å². The first-order chi connectivity index (χ1) is 15.4. The van der Waals surface area contributed by atoms with Crippen LogP contribution in [0.15, 0.2) is 35.6 Å². The van der Waals surface area contributed by atoms with Crippen LogP contribution >= 0.6 is 11.8 Å². The summed E-state index contributed by atoms with van der Waals surface area (Å²) in [5.74, 6) is 1.75. The van der Waals surface area contributed by atoms with Crippen molar-refractivity contribution in [2.45, 2.75) is 58.3 Å². The van der Waals surface area contributed by atoms with Crippen molar-refractivity contribution in [2.75, 3.05) is 12.3 Å².